The van der Waals surface area contributed by atoms with Crippen LogP contribution in [0.3, 0.4) is 0 Å². The number of nitrogens with one attached hydrogen (secondary N) is 4. The number of piperidine rings is 1. The molecule has 10 nitrogen and oxygen atoms in total. The molecule has 0 unspecified atom stereocenters. The van der Waals surface area contributed by atoms with Gasteiger partial charge < -0.3 is 30.9 Å². The van der Waals surface area contributed by atoms with Crippen molar-refractivity contribution in [2.75, 3.05) is 6.54 Å². The van der Waals surface area contributed by atoms with Crippen LogP contribution < -0.4 is 16.0 Å². The van der Waals surface area contributed by atoms with Crippen molar-refractivity contribution in [3.05, 3.63) is 36.0 Å². The Morgan fingerprint density at radius 3 is 2.25 bits per heavy atom. The number of rotatable bonds is 11. The zero-order valence-corrected chi connectivity index (χ0v) is 24.6. The summed E-state index contributed by atoms with van der Waals surface area (Å²) in [5.74, 6) is -1.85. The Morgan fingerprint density at radius 2 is 1.62 bits per heavy atom. The van der Waals surface area contributed by atoms with Gasteiger partial charge >= 0.3 is 12.0 Å². The molecule has 0 bridgehead atoms. The molecule has 2 atom stereocenters. The summed E-state index contributed by atoms with van der Waals surface area (Å²) in [4.78, 5) is 56.5. The lowest BCUT2D eigenvalue weighted by Crippen LogP contribution is -2.65. The molecule has 0 aliphatic carbocycles. The van der Waals surface area contributed by atoms with Crippen molar-refractivity contribution in [2.45, 2.75) is 103 Å². The van der Waals surface area contributed by atoms with Gasteiger partial charge in [-0.1, -0.05) is 32.0 Å². The SMILES string of the molecule is CC(C)C[C@H](NC(=O)N1C(C)(C)CCCC1(C)C)C(=O)N[C@H](Cc1c[nH]c2ccccc12)C(=O)NCCC(=O)O. The Morgan fingerprint density at radius 1 is 0.975 bits per heavy atom. The molecule has 3 rings (SSSR count). The Labute approximate surface area is 236 Å². The van der Waals surface area contributed by atoms with Crippen molar-refractivity contribution in [2.24, 2.45) is 5.92 Å². The second-order valence-electron chi connectivity index (χ2n) is 12.5. The summed E-state index contributed by atoms with van der Waals surface area (Å²) >= 11 is 0. The molecule has 1 fully saturated rings. The van der Waals surface area contributed by atoms with E-state index in [4.69, 9.17) is 5.11 Å². The van der Waals surface area contributed by atoms with E-state index in [1.165, 1.54) is 0 Å². The van der Waals surface area contributed by atoms with E-state index in [9.17, 15) is 19.2 Å². The van der Waals surface area contributed by atoms with Crippen LogP contribution in [0.25, 0.3) is 10.9 Å². The number of carboxylic acids is 1. The summed E-state index contributed by atoms with van der Waals surface area (Å²) in [6, 6.07) is 5.56. The summed E-state index contributed by atoms with van der Waals surface area (Å²) in [6.45, 7) is 12.1. The van der Waals surface area contributed by atoms with Crippen molar-refractivity contribution >= 4 is 34.7 Å². The van der Waals surface area contributed by atoms with Crippen molar-refractivity contribution in [3.8, 4) is 0 Å². The summed E-state index contributed by atoms with van der Waals surface area (Å²) in [6.07, 6.45) is 4.93. The van der Waals surface area contributed by atoms with Crippen LogP contribution >= 0.6 is 0 Å². The third-order valence-corrected chi connectivity index (χ3v) is 7.68. The highest BCUT2D eigenvalue weighted by Crippen LogP contribution is 2.38. The van der Waals surface area contributed by atoms with Crippen LogP contribution in [0.2, 0.25) is 0 Å². The normalized spacial score (nSPS) is 17.7. The van der Waals surface area contributed by atoms with E-state index >= 15 is 0 Å². The predicted molar refractivity (Wildman–Crippen MR) is 155 cm³/mol. The quantitative estimate of drug-likeness (QED) is 0.285. The molecule has 0 radical (unpaired) electrons. The van der Waals surface area contributed by atoms with Gasteiger partial charge in [0.25, 0.3) is 0 Å². The molecule has 0 spiro atoms. The second-order valence-corrected chi connectivity index (χ2v) is 12.5. The Bertz CT molecular complexity index is 1200. The lowest BCUT2D eigenvalue weighted by Gasteiger charge is -2.53. The minimum Gasteiger partial charge on any atom is -0.481 e. The van der Waals surface area contributed by atoms with E-state index in [-0.39, 0.29) is 42.4 Å². The molecule has 10 heteroatoms. The number of fused-ring (bicyclic) bond motifs is 1. The number of para-hydroxylation sites is 1. The molecule has 4 amide bonds. The molecule has 1 aliphatic rings. The molecule has 1 aliphatic heterocycles. The fourth-order valence-corrected chi connectivity index (χ4v) is 5.88. The molecule has 0 saturated carbocycles. The number of carboxylic acid groups (broad SMARTS) is 1. The number of carbonyl (C=O) groups is 4. The number of aromatic amines is 1. The topological polar surface area (TPSA) is 144 Å². The minimum atomic E-state index is -1.03. The van der Waals surface area contributed by atoms with Crippen LogP contribution in [0, 0.1) is 5.92 Å². The van der Waals surface area contributed by atoms with Crippen molar-refractivity contribution < 1.29 is 24.3 Å². The van der Waals surface area contributed by atoms with Crippen LogP contribution in [0.15, 0.2) is 30.5 Å². The highest BCUT2D eigenvalue weighted by Gasteiger charge is 2.45. The van der Waals surface area contributed by atoms with Gasteiger partial charge in [0, 0.05) is 41.1 Å². The van der Waals surface area contributed by atoms with Gasteiger partial charge in [-0.3, -0.25) is 14.4 Å². The van der Waals surface area contributed by atoms with E-state index in [0.29, 0.717) is 6.42 Å². The van der Waals surface area contributed by atoms with Gasteiger partial charge in [-0.15, -0.1) is 0 Å². The summed E-state index contributed by atoms with van der Waals surface area (Å²) in [5, 5.41) is 18.4. The number of H-pyrrole nitrogens is 1. The fraction of sp³-hybridized carbons (Fsp3) is 0.600. The average Bonchev–Trinajstić information content (AvgIpc) is 3.24. The van der Waals surface area contributed by atoms with E-state index in [2.05, 4.69) is 20.9 Å². The van der Waals surface area contributed by atoms with Gasteiger partial charge in [-0.2, -0.15) is 0 Å². The Balaban J connectivity index is 1.83. The zero-order chi connectivity index (χ0) is 29.7. The number of aliphatic carboxylic acids is 1. The second kappa shape index (κ2) is 12.7. The van der Waals surface area contributed by atoms with E-state index < -0.39 is 29.9 Å². The maximum absolute atomic E-state index is 13.7. The summed E-state index contributed by atoms with van der Waals surface area (Å²) < 4.78 is 0. The molecular formula is C30H45N5O5. The number of benzene rings is 1. The molecule has 40 heavy (non-hydrogen) atoms. The Kier molecular flexibility index (Phi) is 9.87. The van der Waals surface area contributed by atoms with Crippen molar-refractivity contribution in [1.82, 2.24) is 25.8 Å². The van der Waals surface area contributed by atoms with Gasteiger partial charge in [-0.25, -0.2) is 4.79 Å². The zero-order valence-electron chi connectivity index (χ0n) is 24.6. The fourth-order valence-electron chi connectivity index (χ4n) is 5.88. The smallest absolute Gasteiger partial charge is 0.318 e. The van der Waals surface area contributed by atoms with Gasteiger partial charge in [0.1, 0.15) is 12.1 Å². The van der Waals surface area contributed by atoms with Gasteiger partial charge in [0.15, 0.2) is 0 Å². The van der Waals surface area contributed by atoms with Gasteiger partial charge in [0.05, 0.1) is 6.42 Å². The monoisotopic (exact) mass is 555 g/mol. The molecule has 1 aromatic heterocycles. The van der Waals surface area contributed by atoms with Crippen molar-refractivity contribution in [1.29, 1.82) is 0 Å². The number of hydrogen-bond acceptors (Lipinski definition) is 4. The predicted octanol–water partition coefficient (Wildman–Crippen LogP) is 3.95. The molecule has 1 aromatic carbocycles. The number of amides is 4. The van der Waals surface area contributed by atoms with E-state index in [0.717, 1.165) is 35.7 Å². The molecule has 5 N–H and O–H groups in total. The number of hydrogen-bond donors (Lipinski definition) is 5. The molecule has 2 aromatic rings. The van der Waals surface area contributed by atoms with Crippen LogP contribution in [0.5, 0.6) is 0 Å². The third kappa shape index (κ3) is 7.76. The summed E-state index contributed by atoms with van der Waals surface area (Å²) in [7, 11) is 0. The highest BCUT2D eigenvalue weighted by molar-refractivity contribution is 5.93. The molecular weight excluding hydrogens is 510 g/mol. The third-order valence-electron chi connectivity index (χ3n) is 7.68. The molecule has 2 heterocycles. The van der Waals surface area contributed by atoms with E-state index in [1.807, 2.05) is 76.9 Å². The number of urea groups is 1. The van der Waals surface area contributed by atoms with Crippen LogP contribution in [-0.4, -0.2) is 68.5 Å². The van der Waals surface area contributed by atoms with Gasteiger partial charge in [0.2, 0.25) is 11.8 Å². The van der Waals surface area contributed by atoms with E-state index in [1.54, 1.807) is 0 Å². The summed E-state index contributed by atoms with van der Waals surface area (Å²) in [5.41, 5.74) is 1.01. The van der Waals surface area contributed by atoms with Crippen molar-refractivity contribution in [3.63, 3.8) is 0 Å². The first-order valence-corrected chi connectivity index (χ1v) is 14.2. The largest absolute Gasteiger partial charge is 0.481 e. The standard InChI is InChI=1S/C30H45N5O5/c1-19(2)16-23(34-28(40)35-29(3,4)13-9-14-30(35,5)6)27(39)33-24(26(38)31-15-12-25(36)37)17-20-18-32-22-11-8-7-10-21(20)22/h7-8,10-11,18-19,23-24,32H,9,12-17H2,1-6H3,(H,31,38)(H,33,39)(H,34,40)(H,36,37)/t23-,24+/m0/s1. The lowest BCUT2D eigenvalue weighted by molar-refractivity contribution is -0.137. The first kappa shape index (κ1) is 31.0. The van der Waals surface area contributed by atoms with Gasteiger partial charge in [-0.05, 0) is 70.9 Å². The minimum absolute atomic E-state index is 0.0558. The number of aromatic nitrogens is 1. The van der Waals surface area contributed by atoms with Crippen LogP contribution in [-0.2, 0) is 20.8 Å². The highest BCUT2D eigenvalue weighted by atomic mass is 16.4. The van der Waals surface area contributed by atoms with Crippen LogP contribution in [0.4, 0.5) is 4.79 Å². The maximum atomic E-state index is 13.7. The number of carbonyl (C=O) groups excluding carboxylic acids is 3. The number of likely N-dealkylation sites (tertiary alicyclic amines) is 1. The van der Waals surface area contributed by atoms with Crippen LogP contribution in [0.1, 0.15) is 79.2 Å². The molecule has 1 saturated heterocycles. The number of nitrogens with zero attached hydrogens (tertiary/aromatic N) is 1. The lowest BCUT2D eigenvalue weighted by atomic mass is 9.80. The molecule has 220 valence electrons. The first-order valence-electron chi connectivity index (χ1n) is 14.2. The Hall–Kier alpha value is -3.56. The first-order chi connectivity index (χ1) is 18.7. The average molecular weight is 556 g/mol. The maximum Gasteiger partial charge on any atom is 0.318 e.